The maximum atomic E-state index is 5.12. The van der Waals surface area contributed by atoms with Crippen LogP contribution in [0.25, 0.3) is 0 Å². The summed E-state index contributed by atoms with van der Waals surface area (Å²) in [6.45, 7) is 4.67. The first-order valence-electron chi connectivity index (χ1n) is 9.25. The number of fused-ring (bicyclic) bond motifs is 1. The molecule has 8 nitrogen and oxygen atoms in total. The normalized spacial score (nSPS) is 21.8. The van der Waals surface area contributed by atoms with Gasteiger partial charge in [-0.2, -0.15) is 5.10 Å². The SMILES string of the molecule is CN=C(NCC1CCN(C)CC1)NC1CCc2nc(COC)nn2C1.I. The van der Waals surface area contributed by atoms with Crippen molar-refractivity contribution in [2.75, 3.05) is 40.8 Å². The van der Waals surface area contributed by atoms with Gasteiger partial charge in [-0.1, -0.05) is 0 Å². The van der Waals surface area contributed by atoms with Gasteiger partial charge in [0.2, 0.25) is 0 Å². The smallest absolute Gasteiger partial charge is 0.191 e. The summed E-state index contributed by atoms with van der Waals surface area (Å²) >= 11 is 0. The van der Waals surface area contributed by atoms with E-state index in [4.69, 9.17) is 4.74 Å². The average Bonchev–Trinajstić information content (AvgIpc) is 3.02. The number of hydrogen-bond donors (Lipinski definition) is 2. The van der Waals surface area contributed by atoms with Crippen molar-refractivity contribution < 1.29 is 4.74 Å². The van der Waals surface area contributed by atoms with Crippen molar-refractivity contribution in [3.63, 3.8) is 0 Å². The Morgan fingerprint density at radius 2 is 2.08 bits per heavy atom. The molecule has 2 N–H and O–H groups in total. The molecule has 0 aliphatic carbocycles. The van der Waals surface area contributed by atoms with Crippen LogP contribution >= 0.6 is 24.0 Å². The third-order valence-electron chi connectivity index (χ3n) is 5.14. The third-order valence-corrected chi connectivity index (χ3v) is 5.14. The van der Waals surface area contributed by atoms with E-state index in [0.717, 1.165) is 49.5 Å². The molecule has 9 heteroatoms. The number of hydrogen-bond acceptors (Lipinski definition) is 5. The Labute approximate surface area is 173 Å². The fourth-order valence-electron chi connectivity index (χ4n) is 3.56. The lowest BCUT2D eigenvalue weighted by molar-refractivity contribution is 0.177. The van der Waals surface area contributed by atoms with E-state index in [1.807, 2.05) is 11.7 Å². The predicted octanol–water partition coefficient (Wildman–Crippen LogP) is 0.864. The van der Waals surface area contributed by atoms with Gasteiger partial charge in [-0.05, 0) is 45.3 Å². The van der Waals surface area contributed by atoms with Crippen molar-refractivity contribution in [1.82, 2.24) is 30.3 Å². The van der Waals surface area contributed by atoms with Crippen molar-refractivity contribution in [3.8, 4) is 0 Å². The number of nitrogens with zero attached hydrogens (tertiary/aromatic N) is 5. The van der Waals surface area contributed by atoms with E-state index in [9.17, 15) is 0 Å². The van der Waals surface area contributed by atoms with Crippen molar-refractivity contribution in [3.05, 3.63) is 11.6 Å². The highest BCUT2D eigenvalue weighted by Gasteiger charge is 2.23. The fraction of sp³-hybridized carbons (Fsp3) is 0.824. The molecule has 0 radical (unpaired) electrons. The molecule has 1 unspecified atom stereocenters. The predicted molar refractivity (Wildman–Crippen MR) is 113 cm³/mol. The standard InChI is InChI=1S/C17H31N7O.HI/c1-18-17(19-10-13-6-8-23(2)9-7-13)20-14-4-5-16-21-15(12-25-3)22-24(16)11-14;/h13-14H,4-12H2,1-3H3,(H2,18,19,20);1H. The number of aromatic nitrogens is 3. The molecule has 1 aromatic heterocycles. The second-order valence-electron chi connectivity index (χ2n) is 7.14. The average molecular weight is 477 g/mol. The maximum absolute atomic E-state index is 5.12. The lowest BCUT2D eigenvalue weighted by Gasteiger charge is -2.30. The molecular weight excluding hydrogens is 445 g/mol. The van der Waals surface area contributed by atoms with Crippen molar-refractivity contribution >= 4 is 29.9 Å². The van der Waals surface area contributed by atoms with E-state index in [-0.39, 0.29) is 24.0 Å². The molecule has 0 saturated carbocycles. The number of piperidine rings is 1. The van der Waals surface area contributed by atoms with Crippen LogP contribution in [0.3, 0.4) is 0 Å². The van der Waals surface area contributed by atoms with Crippen LogP contribution in [0.2, 0.25) is 0 Å². The van der Waals surface area contributed by atoms with Crippen LogP contribution < -0.4 is 10.6 Å². The lowest BCUT2D eigenvalue weighted by Crippen LogP contribution is -2.48. The molecule has 0 spiro atoms. The highest BCUT2D eigenvalue weighted by Crippen LogP contribution is 2.15. The topological polar surface area (TPSA) is 79.6 Å². The Balaban J connectivity index is 0.00000243. The second-order valence-corrected chi connectivity index (χ2v) is 7.14. The fourth-order valence-corrected chi connectivity index (χ4v) is 3.56. The van der Waals surface area contributed by atoms with Crippen molar-refractivity contribution in [1.29, 1.82) is 0 Å². The summed E-state index contributed by atoms with van der Waals surface area (Å²) in [5, 5.41) is 11.6. The zero-order valence-corrected chi connectivity index (χ0v) is 18.4. The first-order chi connectivity index (χ1) is 12.2. The number of ether oxygens (including phenoxy) is 1. The number of halogens is 1. The minimum atomic E-state index is 0. The highest BCUT2D eigenvalue weighted by atomic mass is 127. The summed E-state index contributed by atoms with van der Waals surface area (Å²) < 4.78 is 7.12. The Morgan fingerprint density at radius 1 is 1.31 bits per heavy atom. The van der Waals surface area contributed by atoms with E-state index in [1.165, 1.54) is 25.9 Å². The van der Waals surface area contributed by atoms with E-state index in [2.05, 4.69) is 37.7 Å². The van der Waals surface area contributed by atoms with Gasteiger partial charge in [0.15, 0.2) is 11.8 Å². The van der Waals surface area contributed by atoms with Crippen molar-refractivity contribution in [2.45, 2.75) is 44.9 Å². The molecule has 1 atom stereocenters. The van der Waals surface area contributed by atoms with E-state index in [1.54, 1.807) is 7.11 Å². The van der Waals surface area contributed by atoms with Gasteiger partial charge < -0.3 is 20.3 Å². The molecule has 148 valence electrons. The summed E-state index contributed by atoms with van der Waals surface area (Å²) in [4.78, 5) is 11.3. The zero-order valence-electron chi connectivity index (χ0n) is 16.1. The van der Waals surface area contributed by atoms with Gasteiger partial charge in [0.25, 0.3) is 0 Å². The summed E-state index contributed by atoms with van der Waals surface area (Å²) in [5.74, 6) is 3.45. The molecule has 1 saturated heterocycles. The quantitative estimate of drug-likeness (QED) is 0.372. The minimum absolute atomic E-state index is 0. The Kier molecular flexibility index (Phi) is 8.55. The molecule has 2 aliphatic rings. The number of likely N-dealkylation sites (tertiary alicyclic amines) is 1. The summed E-state index contributed by atoms with van der Waals surface area (Å²) in [6, 6.07) is 0.327. The number of nitrogens with one attached hydrogen (secondary N) is 2. The monoisotopic (exact) mass is 477 g/mol. The van der Waals surface area contributed by atoms with Crippen LogP contribution in [-0.4, -0.2) is 72.5 Å². The van der Waals surface area contributed by atoms with Gasteiger partial charge in [0.05, 0.1) is 6.54 Å². The van der Waals surface area contributed by atoms with Gasteiger partial charge >= 0.3 is 0 Å². The van der Waals surface area contributed by atoms with Crippen LogP contribution in [0.15, 0.2) is 4.99 Å². The van der Waals surface area contributed by atoms with Crippen LogP contribution in [0.4, 0.5) is 0 Å². The number of aliphatic imine (C=N–C) groups is 1. The van der Waals surface area contributed by atoms with Crippen LogP contribution in [-0.2, 0) is 24.3 Å². The second kappa shape index (κ2) is 10.4. The molecule has 1 aromatic rings. The van der Waals surface area contributed by atoms with Gasteiger partial charge in [-0.25, -0.2) is 9.67 Å². The molecular formula is C17H32IN7O. The van der Waals surface area contributed by atoms with Crippen molar-refractivity contribution in [2.24, 2.45) is 10.9 Å². The van der Waals surface area contributed by atoms with E-state index in [0.29, 0.717) is 12.6 Å². The first-order valence-corrected chi connectivity index (χ1v) is 9.25. The Morgan fingerprint density at radius 3 is 2.77 bits per heavy atom. The zero-order chi connectivity index (χ0) is 17.6. The molecule has 0 amide bonds. The molecule has 3 rings (SSSR count). The number of aryl methyl sites for hydroxylation is 1. The van der Waals surface area contributed by atoms with Gasteiger partial charge in [0.1, 0.15) is 12.4 Å². The van der Waals surface area contributed by atoms with Gasteiger partial charge in [-0.15, -0.1) is 24.0 Å². The Hall–Kier alpha value is -0.940. The third kappa shape index (κ3) is 5.78. The molecule has 0 aromatic carbocycles. The first kappa shape index (κ1) is 21.4. The van der Waals surface area contributed by atoms with E-state index >= 15 is 0 Å². The van der Waals surface area contributed by atoms with Crippen LogP contribution in [0.5, 0.6) is 0 Å². The maximum Gasteiger partial charge on any atom is 0.191 e. The molecule has 1 fully saturated rings. The van der Waals surface area contributed by atoms with Gasteiger partial charge in [0, 0.05) is 33.2 Å². The summed E-state index contributed by atoms with van der Waals surface area (Å²) in [5.41, 5.74) is 0. The molecule has 2 aliphatic heterocycles. The van der Waals surface area contributed by atoms with Crippen LogP contribution in [0, 0.1) is 5.92 Å². The lowest BCUT2D eigenvalue weighted by atomic mass is 9.97. The van der Waals surface area contributed by atoms with Crippen LogP contribution in [0.1, 0.15) is 30.9 Å². The number of methoxy groups -OCH3 is 1. The minimum Gasteiger partial charge on any atom is -0.377 e. The largest absolute Gasteiger partial charge is 0.377 e. The number of guanidine groups is 1. The summed E-state index contributed by atoms with van der Waals surface area (Å²) in [7, 11) is 5.71. The molecule has 26 heavy (non-hydrogen) atoms. The summed E-state index contributed by atoms with van der Waals surface area (Å²) in [6.07, 6.45) is 4.49. The highest BCUT2D eigenvalue weighted by molar-refractivity contribution is 14.0. The Bertz CT molecular complexity index is 584. The van der Waals surface area contributed by atoms with Gasteiger partial charge in [-0.3, -0.25) is 4.99 Å². The molecule has 3 heterocycles. The molecule has 0 bridgehead atoms. The van der Waals surface area contributed by atoms with E-state index < -0.39 is 0 Å². The number of rotatable bonds is 5.